The fourth-order valence-electron chi connectivity index (χ4n) is 2.15. The highest BCUT2D eigenvalue weighted by atomic mass is 16.5. The molecule has 4 N–H and O–H groups in total. The van der Waals surface area contributed by atoms with Crippen LogP contribution in [0.1, 0.15) is 36.1 Å². The van der Waals surface area contributed by atoms with Gasteiger partial charge in [-0.05, 0) is 37.3 Å². The summed E-state index contributed by atoms with van der Waals surface area (Å²) in [7, 11) is 0. The molecule has 0 radical (unpaired) electrons. The van der Waals surface area contributed by atoms with Gasteiger partial charge in [0.2, 0.25) is 5.88 Å². The zero-order valence-corrected chi connectivity index (χ0v) is 10.4. The van der Waals surface area contributed by atoms with E-state index in [4.69, 9.17) is 21.0 Å². The van der Waals surface area contributed by atoms with Gasteiger partial charge in [-0.1, -0.05) is 0 Å². The van der Waals surface area contributed by atoms with Crippen molar-refractivity contribution in [1.29, 1.82) is 5.41 Å². The van der Waals surface area contributed by atoms with Crippen molar-refractivity contribution in [3.63, 3.8) is 0 Å². The van der Waals surface area contributed by atoms with E-state index in [0.717, 1.165) is 31.4 Å². The third-order valence-corrected chi connectivity index (χ3v) is 3.10. The smallest absolute Gasteiger partial charge is 0.224 e. The van der Waals surface area contributed by atoms with E-state index in [-0.39, 0.29) is 12.4 Å². The van der Waals surface area contributed by atoms with Gasteiger partial charge < -0.3 is 15.6 Å². The molecule has 0 spiro atoms. The highest BCUT2D eigenvalue weighted by Gasteiger charge is 2.17. The molecule has 1 aliphatic carbocycles. The zero-order valence-electron chi connectivity index (χ0n) is 10.4. The normalized spacial score (nSPS) is 14.1. The number of nitrogen functional groups attached to an aromatic ring is 1. The Morgan fingerprint density at radius 3 is 2.94 bits per heavy atom. The number of rotatable bonds is 5. The molecular formula is C13H19N3O2. The molecule has 1 aliphatic rings. The highest BCUT2D eigenvalue weighted by Crippen LogP contribution is 2.25. The minimum atomic E-state index is -0.0186. The molecule has 2 rings (SSSR count). The van der Waals surface area contributed by atoms with Crippen LogP contribution >= 0.6 is 0 Å². The second-order valence-electron chi connectivity index (χ2n) is 4.49. The Hall–Kier alpha value is -1.62. The number of hydrogen-bond donors (Lipinski definition) is 3. The van der Waals surface area contributed by atoms with Crippen LogP contribution in [-0.4, -0.2) is 29.1 Å². The van der Waals surface area contributed by atoms with Crippen molar-refractivity contribution in [3.8, 4) is 5.88 Å². The van der Waals surface area contributed by atoms with Gasteiger partial charge in [-0.25, -0.2) is 4.98 Å². The molecule has 0 amide bonds. The van der Waals surface area contributed by atoms with E-state index in [1.54, 1.807) is 0 Å². The number of nitrogens with two attached hydrogens (primary N) is 1. The number of nitrogens with one attached hydrogen (secondary N) is 1. The third-order valence-electron chi connectivity index (χ3n) is 3.10. The van der Waals surface area contributed by atoms with Crippen LogP contribution in [-0.2, 0) is 12.8 Å². The molecule has 1 aromatic heterocycles. The Kier molecular flexibility index (Phi) is 4.15. The number of aliphatic hydroxyl groups excluding tert-OH is 1. The molecule has 1 heterocycles. The number of nitrogens with zero attached hydrogens (tertiary/aromatic N) is 1. The summed E-state index contributed by atoms with van der Waals surface area (Å²) in [6.07, 6.45) is 4.83. The molecule has 98 valence electrons. The Morgan fingerprint density at radius 1 is 1.44 bits per heavy atom. The first-order valence-corrected chi connectivity index (χ1v) is 6.33. The van der Waals surface area contributed by atoms with Gasteiger partial charge in [0.05, 0.1) is 12.2 Å². The zero-order chi connectivity index (χ0) is 13.0. The van der Waals surface area contributed by atoms with Crippen LogP contribution in [0.2, 0.25) is 0 Å². The average molecular weight is 249 g/mol. The van der Waals surface area contributed by atoms with Crippen LogP contribution in [0, 0.1) is 5.41 Å². The van der Waals surface area contributed by atoms with Gasteiger partial charge in [-0.2, -0.15) is 0 Å². The van der Waals surface area contributed by atoms with Crippen molar-refractivity contribution in [3.05, 3.63) is 22.9 Å². The largest absolute Gasteiger partial charge is 0.477 e. The highest BCUT2D eigenvalue weighted by molar-refractivity contribution is 5.97. The molecule has 0 aromatic carbocycles. The maximum absolute atomic E-state index is 8.75. The predicted molar refractivity (Wildman–Crippen MR) is 69.1 cm³/mol. The number of fused-ring (bicyclic) bond motifs is 1. The number of ether oxygens (including phenoxy) is 1. The standard InChI is InChI=1S/C13H19N3O2/c14-12(15)10-8-9-4-1-2-5-11(9)16-13(10)18-7-3-6-17/h8,17H,1-7H2,(H3,14,15). The van der Waals surface area contributed by atoms with Gasteiger partial charge in [-0.3, -0.25) is 5.41 Å². The lowest BCUT2D eigenvalue weighted by atomic mass is 9.95. The Labute approximate surface area is 106 Å². The number of aryl methyl sites for hydroxylation is 2. The van der Waals surface area contributed by atoms with E-state index >= 15 is 0 Å². The Morgan fingerprint density at radius 2 is 2.22 bits per heavy atom. The maximum atomic E-state index is 8.75. The molecule has 0 atom stereocenters. The molecule has 0 saturated heterocycles. The quantitative estimate of drug-likeness (QED) is 0.412. The Bertz CT molecular complexity index is 446. The van der Waals surface area contributed by atoms with Crippen LogP contribution in [0.4, 0.5) is 0 Å². The van der Waals surface area contributed by atoms with Gasteiger partial charge in [0.1, 0.15) is 5.84 Å². The van der Waals surface area contributed by atoms with Crippen molar-refractivity contribution in [2.75, 3.05) is 13.2 Å². The van der Waals surface area contributed by atoms with Crippen molar-refractivity contribution < 1.29 is 9.84 Å². The average Bonchev–Trinajstić information content (AvgIpc) is 2.38. The van der Waals surface area contributed by atoms with Crippen molar-refractivity contribution in [1.82, 2.24) is 4.98 Å². The first-order valence-electron chi connectivity index (χ1n) is 6.33. The number of aliphatic hydroxyl groups is 1. The number of aromatic nitrogens is 1. The summed E-state index contributed by atoms with van der Waals surface area (Å²) in [5.41, 5.74) is 8.37. The minimum Gasteiger partial charge on any atom is -0.477 e. The molecule has 0 aliphatic heterocycles. The fourth-order valence-corrected chi connectivity index (χ4v) is 2.15. The van der Waals surface area contributed by atoms with Crippen LogP contribution in [0.25, 0.3) is 0 Å². The topological polar surface area (TPSA) is 92.2 Å². The first kappa shape index (κ1) is 12.8. The number of pyridine rings is 1. The van der Waals surface area contributed by atoms with Crippen molar-refractivity contribution in [2.45, 2.75) is 32.1 Å². The molecule has 0 saturated carbocycles. The summed E-state index contributed by atoms with van der Waals surface area (Å²) >= 11 is 0. The van der Waals surface area contributed by atoms with Crippen LogP contribution in [0.15, 0.2) is 6.07 Å². The van der Waals surface area contributed by atoms with Gasteiger partial charge in [0, 0.05) is 18.7 Å². The Balaban J connectivity index is 2.27. The maximum Gasteiger partial charge on any atom is 0.224 e. The molecule has 5 nitrogen and oxygen atoms in total. The summed E-state index contributed by atoms with van der Waals surface area (Å²) in [5, 5.41) is 16.3. The molecule has 1 aromatic rings. The number of amidine groups is 1. The van der Waals surface area contributed by atoms with E-state index < -0.39 is 0 Å². The summed E-state index contributed by atoms with van der Waals surface area (Å²) in [5.74, 6) is 0.409. The van der Waals surface area contributed by atoms with Crippen molar-refractivity contribution in [2.24, 2.45) is 5.73 Å². The summed E-state index contributed by atoms with van der Waals surface area (Å²) in [6.45, 7) is 0.475. The molecular weight excluding hydrogens is 230 g/mol. The van der Waals surface area contributed by atoms with Crippen molar-refractivity contribution >= 4 is 5.84 Å². The second kappa shape index (κ2) is 5.82. The fraction of sp³-hybridized carbons (Fsp3) is 0.538. The second-order valence-corrected chi connectivity index (χ2v) is 4.49. The molecule has 0 unspecified atom stereocenters. The first-order chi connectivity index (χ1) is 8.72. The SMILES string of the molecule is N=C(N)c1cc2c(nc1OCCCO)CCCC2. The summed E-state index contributed by atoms with van der Waals surface area (Å²) in [4.78, 5) is 4.48. The van der Waals surface area contributed by atoms with Gasteiger partial charge >= 0.3 is 0 Å². The lowest BCUT2D eigenvalue weighted by Gasteiger charge is -2.18. The summed E-state index contributed by atoms with van der Waals surface area (Å²) in [6, 6.07) is 1.93. The van der Waals surface area contributed by atoms with E-state index in [9.17, 15) is 0 Å². The molecule has 5 heteroatoms. The third kappa shape index (κ3) is 2.79. The predicted octanol–water partition coefficient (Wildman–Crippen LogP) is 1.01. The monoisotopic (exact) mass is 249 g/mol. The van der Waals surface area contributed by atoms with Gasteiger partial charge in [-0.15, -0.1) is 0 Å². The van der Waals surface area contributed by atoms with E-state index in [1.165, 1.54) is 5.56 Å². The lowest BCUT2D eigenvalue weighted by Crippen LogP contribution is -2.18. The van der Waals surface area contributed by atoms with E-state index in [1.807, 2.05) is 6.07 Å². The van der Waals surface area contributed by atoms with Crippen LogP contribution < -0.4 is 10.5 Å². The van der Waals surface area contributed by atoms with Gasteiger partial charge in [0.25, 0.3) is 0 Å². The van der Waals surface area contributed by atoms with E-state index in [0.29, 0.717) is 24.5 Å². The van der Waals surface area contributed by atoms with E-state index in [2.05, 4.69) is 4.98 Å². The van der Waals surface area contributed by atoms with Gasteiger partial charge in [0.15, 0.2) is 0 Å². The van der Waals surface area contributed by atoms with Crippen LogP contribution in [0.5, 0.6) is 5.88 Å². The van der Waals surface area contributed by atoms with Crippen LogP contribution in [0.3, 0.4) is 0 Å². The minimum absolute atomic E-state index is 0.0186. The molecule has 0 fully saturated rings. The summed E-state index contributed by atoms with van der Waals surface area (Å²) < 4.78 is 5.51. The molecule has 0 bridgehead atoms. The lowest BCUT2D eigenvalue weighted by molar-refractivity contribution is 0.228. The number of hydrogen-bond acceptors (Lipinski definition) is 4. The molecule has 18 heavy (non-hydrogen) atoms.